The topological polar surface area (TPSA) is 115 Å². The maximum Gasteiger partial charge on any atom is 0.289 e. The molecule has 0 aliphatic rings. The van der Waals surface area contributed by atoms with Crippen LogP contribution in [0.15, 0.2) is 17.0 Å². The largest absolute Gasteiger partial charge is 0.329 e. The third-order valence-electron chi connectivity index (χ3n) is 4.22. The van der Waals surface area contributed by atoms with Gasteiger partial charge in [-0.3, -0.25) is 10.1 Å². The van der Waals surface area contributed by atoms with Crippen LogP contribution in [0.4, 0.5) is 5.69 Å². The average molecular weight is 329 g/mol. The van der Waals surface area contributed by atoms with E-state index in [1.54, 1.807) is 19.9 Å². The lowest BCUT2D eigenvalue weighted by molar-refractivity contribution is -0.387. The number of nitrogens with zero attached hydrogens (tertiary/aromatic N) is 1. The van der Waals surface area contributed by atoms with E-state index < -0.39 is 26.2 Å². The van der Waals surface area contributed by atoms with Crippen molar-refractivity contribution < 1.29 is 13.3 Å². The molecule has 0 saturated heterocycles. The van der Waals surface area contributed by atoms with Gasteiger partial charge >= 0.3 is 0 Å². The van der Waals surface area contributed by atoms with Crippen LogP contribution in [0, 0.1) is 24.0 Å². The molecule has 0 radical (unpaired) electrons. The fraction of sp³-hybridized carbons (Fsp3) is 0.571. The molecule has 0 atom stereocenters. The molecule has 124 valence electrons. The molecule has 1 rings (SSSR count). The van der Waals surface area contributed by atoms with Gasteiger partial charge in [0.2, 0.25) is 10.0 Å². The van der Waals surface area contributed by atoms with E-state index in [1.165, 1.54) is 6.07 Å². The van der Waals surface area contributed by atoms with Crippen LogP contribution >= 0.6 is 0 Å². The number of nitro benzene ring substituents is 1. The summed E-state index contributed by atoms with van der Waals surface area (Å²) in [5.41, 5.74) is 5.55. The van der Waals surface area contributed by atoms with Gasteiger partial charge in [-0.05, 0) is 37.8 Å². The molecule has 0 fully saturated rings. The molecule has 0 aliphatic heterocycles. The molecule has 22 heavy (non-hydrogen) atoms. The fourth-order valence-corrected chi connectivity index (χ4v) is 4.35. The van der Waals surface area contributed by atoms with Crippen LogP contribution in [0.2, 0.25) is 0 Å². The Kier molecular flexibility index (Phi) is 5.66. The standard InChI is InChI=1S/C14H23N3O4S/c1-5-14(6-2,9-15)16-22(20,21)13-11(4)10(3)7-8-12(13)17(18)19/h7-8,16H,5-6,9,15H2,1-4H3. The number of rotatable bonds is 7. The zero-order valence-electron chi connectivity index (χ0n) is 13.3. The molecule has 0 aromatic heterocycles. The van der Waals surface area contributed by atoms with Crippen LogP contribution in [0.1, 0.15) is 37.8 Å². The van der Waals surface area contributed by atoms with Crippen molar-refractivity contribution in [2.45, 2.75) is 51.0 Å². The Morgan fingerprint density at radius 2 is 1.82 bits per heavy atom. The van der Waals surface area contributed by atoms with Crippen molar-refractivity contribution in [2.24, 2.45) is 5.73 Å². The SMILES string of the molecule is CCC(CC)(CN)NS(=O)(=O)c1c([N+](=O)[O-])ccc(C)c1C. The Morgan fingerprint density at radius 3 is 2.23 bits per heavy atom. The summed E-state index contributed by atoms with van der Waals surface area (Å²) in [6, 6.07) is 2.77. The first-order chi connectivity index (χ1) is 10.1. The zero-order chi connectivity index (χ0) is 17.1. The summed E-state index contributed by atoms with van der Waals surface area (Å²) in [5.74, 6) is 0. The summed E-state index contributed by atoms with van der Waals surface area (Å²) in [5, 5.41) is 11.2. The molecule has 3 N–H and O–H groups in total. The van der Waals surface area contributed by atoms with Gasteiger partial charge in [0.15, 0.2) is 4.90 Å². The molecule has 1 aromatic rings. The van der Waals surface area contributed by atoms with E-state index >= 15 is 0 Å². The number of nitrogens with one attached hydrogen (secondary N) is 1. The highest BCUT2D eigenvalue weighted by Gasteiger charge is 2.35. The second-order valence-electron chi connectivity index (χ2n) is 5.41. The lowest BCUT2D eigenvalue weighted by atomic mass is 9.95. The maximum absolute atomic E-state index is 12.8. The van der Waals surface area contributed by atoms with Crippen molar-refractivity contribution in [2.75, 3.05) is 6.54 Å². The van der Waals surface area contributed by atoms with Crippen molar-refractivity contribution in [3.63, 3.8) is 0 Å². The summed E-state index contributed by atoms with van der Waals surface area (Å²) in [6.07, 6.45) is 0.996. The number of benzene rings is 1. The summed E-state index contributed by atoms with van der Waals surface area (Å²) in [4.78, 5) is 10.2. The van der Waals surface area contributed by atoms with E-state index in [0.29, 0.717) is 24.0 Å². The molecule has 0 aliphatic carbocycles. The van der Waals surface area contributed by atoms with Crippen LogP contribution in [0.5, 0.6) is 0 Å². The maximum atomic E-state index is 12.8. The highest BCUT2D eigenvalue weighted by atomic mass is 32.2. The summed E-state index contributed by atoms with van der Waals surface area (Å²) in [6.45, 7) is 7.07. The number of aryl methyl sites for hydroxylation is 1. The van der Waals surface area contributed by atoms with E-state index in [4.69, 9.17) is 5.73 Å². The van der Waals surface area contributed by atoms with Crippen molar-refractivity contribution in [1.82, 2.24) is 4.72 Å². The van der Waals surface area contributed by atoms with E-state index in [-0.39, 0.29) is 11.4 Å². The zero-order valence-corrected chi connectivity index (χ0v) is 14.2. The minimum atomic E-state index is -4.05. The Balaban J connectivity index is 3.53. The fourth-order valence-electron chi connectivity index (χ4n) is 2.32. The molecule has 0 bridgehead atoms. The number of nitrogens with two attached hydrogens (primary N) is 1. The van der Waals surface area contributed by atoms with Crippen LogP contribution in [-0.4, -0.2) is 25.4 Å². The molecule has 7 nitrogen and oxygen atoms in total. The quantitative estimate of drug-likeness (QED) is 0.586. The summed E-state index contributed by atoms with van der Waals surface area (Å²) < 4.78 is 28.1. The van der Waals surface area contributed by atoms with Gasteiger partial charge in [-0.15, -0.1) is 0 Å². The second-order valence-corrected chi connectivity index (χ2v) is 7.03. The molecular formula is C14H23N3O4S. The second kappa shape index (κ2) is 6.72. The normalized spacial score (nSPS) is 12.4. The smallest absolute Gasteiger partial charge is 0.289 e. The first-order valence-corrected chi connectivity index (χ1v) is 8.61. The third-order valence-corrected chi connectivity index (χ3v) is 5.97. The Bertz CT molecular complexity index is 659. The molecule has 8 heteroatoms. The van der Waals surface area contributed by atoms with Crippen molar-refractivity contribution >= 4 is 15.7 Å². The lowest BCUT2D eigenvalue weighted by Gasteiger charge is -2.31. The highest BCUT2D eigenvalue weighted by molar-refractivity contribution is 7.89. The van der Waals surface area contributed by atoms with Gasteiger partial charge in [0.25, 0.3) is 5.69 Å². The summed E-state index contributed by atoms with van der Waals surface area (Å²) in [7, 11) is -4.05. The highest BCUT2D eigenvalue weighted by Crippen LogP contribution is 2.30. The predicted octanol–water partition coefficient (Wildman–Crippen LogP) is 2.01. The Morgan fingerprint density at radius 1 is 1.27 bits per heavy atom. The molecule has 0 unspecified atom stereocenters. The van der Waals surface area contributed by atoms with Gasteiger partial charge in [-0.1, -0.05) is 19.9 Å². The third kappa shape index (κ3) is 3.45. The number of hydrogen-bond acceptors (Lipinski definition) is 5. The van der Waals surface area contributed by atoms with Gasteiger partial charge in [-0.25, -0.2) is 13.1 Å². The van der Waals surface area contributed by atoms with Crippen molar-refractivity contribution in [3.8, 4) is 0 Å². The molecule has 0 amide bonds. The van der Waals surface area contributed by atoms with Crippen LogP contribution in [-0.2, 0) is 10.0 Å². The van der Waals surface area contributed by atoms with Gasteiger partial charge in [-0.2, -0.15) is 0 Å². The van der Waals surface area contributed by atoms with Gasteiger partial charge < -0.3 is 5.73 Å². The monoisotopic (exact) mass is 329 g/mol. The van der Waals surface area contributed by atoms with Gasteiger partial charge in [0.05, 0.1) is 4.92 Å². The van der Waals surface area contributed by atoms with E-state index in [0.717, 1.165) is 0 Å². The number of sulfonamides is 1. The van der Waals surface area contributed by atoms with Crippen LogP contribution in [0.25, 0.3) is 0 Å². The minimum Gasteiger partial charge on any atom is -0.329 e. The van der Waals surface area contributed by atoms with Crippen LogP contribution in [0.3, 0.4) is 0 Å². The Hall–Kier alpha value is -1.51. The molecule has 0 saturated carbocycles. The summed E-state index contributed by atoms with van der Waals surface area (Å²) >= 11 is 0. The van der Waals surface area contributed by atoms with E-state index in [9.17, 15) is 18.5 Å². The molecule has 0 spiro atoms. The number of nitro groups is 1. The van der Waals surface area contributed by atoms with Crippen LogP contribution < -0.4 is 10.5 Å². The van der Waals surface area contributed by atoms with E-state index in [2.05, 4.69) is 4.72 Å². The van der Waals surface area contributed by atoms with Gasteiger partial charge in [0, 0.05) is 18.2 Å². The van der Waals surface area contributed by atoms with Crippen molar-refractivity contribution in [3.05, 3.63) is 33.4 Å². The van der Waals surface area contributed by atoms with E-state index in [1.807, 2.05) is 13.8 Å². The lowest BCUT2D eigenvalue weighted by Crippen LogP contribution is -2.52. The minimum absolute atomic E-state index is 0.123. The first-order valence-electron chi connectivity index (χ1n) is 7.12. The first kappa shape index (κ1) is 18.5. The Labute approximate surface area is 131 Å². The average Bonchev–Trinajstić information content (AvgIpc) is 2.47. The number of hydrogen-bond donors (Lipinski definition) is 2. The van der Waals surface area contributed by atoms with Gasteiger partial charge in [0.1, 0.15) is 0 Å². The van der Waals surface area contributed by atoms with Crippen molar-refractivity contribution in [1.29, 1.82) is 0 Å². The molecule has 0 heterocycles. The predicted molar refractivity (Wildman–Crippen MR) is 85.3 cm³/mol. The molecular weight excluding hydrogens is 306 g/mol. The molecule has 1 aromatic carbocycles.